The number of alkyl halides is 1. The Morgan fingerprint density at radius 2 is 2.11 bits per heavy atom. The largest absolute Gasteiger partial charge is 0.497 e. The molecule has 1 aliphatic heterocycles. The van der Waals surface area contributed by atoms with Gasteiger partial charge in [-0.25, -0.2) is 4.39 Å². The number of hydrogen-bond acceptors (Lipinski definition) is 3. The number of halogens is 1. The van der Waals surface area contributed by atoms with Crippen LogP contribution in [-0.2, 0) is 0 Å². The molecule has 18 heavy (non-hydrogen) atoms. The summed E-state index contributed by atoms with van der Waals surface area (Å²) in [7, 11) is 3.14. The Balaban J connectivity index is 2.23. The van der Waals surface area contributed by atoms with Gasteiger partial charge in [-0.1, -0.05) is 6.42 Å². The summed E-state index contributed by atoms with van der Waals surface area (Å²) in [5.41, 5.74) is 0.566. The Hall–Kier alpha value is -1.29. The molecule has 0 aromatic heterocycles. The third-order valence-electron chi connectivity index (χ3n) is 3.44. The summed E-state index contributed by atoms with van der Waals surface area (Å²) in [6, 6.07) is 5.13. The molecule has 3 nitrogen and oxygen atoms in total. The number of benzene rings is 1. The zero-order valence-electron chi connectivity index (χ0n) is 10.9. The zero-order chi connectivity index (χ0) is 13.0. The summed E-state index contributed by atoms with van der Waals surface area (Å²) < 4.78 is 25.0. The van der Waals surface area contributed by atoms with Gasteiger partial charge in [0.1, 0.15) is 17.7 Å². The van der Waals surface area contributed by atoms with Crippen LogP contribution >= 0.6 is 0 Å². The molecule has 0 spiro atoms. The minimum absolute atomic E-state index is 0.125. The SMILES string of the molecule is COc1ccc(OC)c(C(F)C2CCCCN2)c1. The van der Waals surface area contributed by atoms with Crippen LogP contribution in [0.1, 0.15) is 31.0 Å². The van der Waals surface area contributed by atoms with E-state index < -0.39 is 6.17 Å². The highest BCUT2D eigenvalue weighted by molar-refractivity contribution is 5.42. The molecule has 100 valence electrons. The van der Waals surface area contributed by atoms with Crippen molar-refractivity contribution >= 4 is 0 Å². The number of nitrogens with one attached hydrogen (secondary N) is 1. The van der Waals surface area contributed by atoms with Gasteiger partial charge in [-0.15, -0.1) is 0 Å². The number of methoxy groups -OCH3 is 2. The first-order chi connectivity index (χ1) is 8.76. The highest BCUT2D eigenvalue weighted by atomic mass is 19.1. The van der Waals surface area contributed by atoms with Crippen LogP contribution in [0.15, 0.2) is 18.2 Å². The lowest BCUT2D eigenvalue weighted by Gasteiger charge is -2.27. The van der Waals surface area contributed by atoms with Gasteiger partial charge in [0.25, 0.3) is 0 Å². The van der Waals surface area contributed by atoms with E-state index in [1.165, 1.54) is 0 Å². The molecule has 0 radical (unpaired) electrons. The first kappa shape index (κ1) is 13.1. The summed E-state index contributed by atoms with van der Waals surface area (Å²) in [6.07, 6.45) is 2.00. The molecule has 1 aliphatic rings. The average Bonchev–Trinajstić information content (AvgIpc) is 2.46. The van der Waals surface area contributed by atoms with Crippen LogP contribution in [0.2, 0.25) is 0 Å². The molecule has 1 saturated heterocycles. The van der Waals surface area contributed by atoms with Crippen molar-refractivity contribution in [1.29, 1.82) is 0 Å². The van der Waals surface area contributed by atoms with Crippen molar-refractivity contribution in [3.05, 3.63) is 23.8 Å². The lowest BCUT2D eigenvalue weighted by Crippen LogP contribution is -2.37. The molecule has 2 unspecified atom stereocenters. The van der Waals surface area contributed by atoms with Gasteiger partial charge in [0, 0.05) is 11.6 Å². The second-order valence-electron chi connectivity index (χ2n) is 4.57. The van der Waals surface area contributed by atoms with Crippen LogP contribution in [0.5, 0.6) is 11.5 Å². The quantitative estimate of drug-likeness (QED) is 0.895. The number of piperidine rings is 1. The first-order valence-corrected chi connectivity index (χ1v) is 6.35. The van der Waals surface area contributed by atoms with Gasteiger partial charge in [-0.05, 0) is 37.6 Å². The maximum atomic E-state index is 14.6. The van der Waals surface area contributed by atoms with Crippen molar-refractivity contribution in [2.75, 3.05) is 20.8 Å². The Bertz CT molecular complexity index is 391. The Labute approximate surface area is 107 Å². The van der Waals surface area contributed by atoms with Crippen LogP contribution < -0.4 is 14.8 Å². The van der Waals surface area contributed by atoms with Gasteiger partial charge in [0.2, 0.25) is 0 Å². The van der Waals surface area contributed by atoms with Crippen LogP contribution in [0, 0.1) is 0 Å². The predicted octanol–water partition coefficient (Wildman–Crippen LogP) is 2.86. The molecule has 4 heteroatoms. The predicted molar refractivity (Wildman–Crippen MR) is 69.0 cm³/mol. The first-order valence-electron chi connectivity index (χ1n) is 6.35. The molecule has 2 atom stereocenters. The fourth-order valence-corrected chi connectivity index (χ4v) is 2.40. The molecule has 0 saturated carbocycles. The summed E-state index contributed by atoms with van der Waals surface area (Å²) in [6.45, 7) is 0.886. The van der Waals surface area contributed by atoms with Crippen molar-refractivity contribution < 1.29 is 13.9 Å². The second-order valence-corrected chi connectivity index (χ2v) is 4.57. The Morgan fingerprint density at radius 3 is 2.72 bits per heavy atom. The minimum Gasteiger partial charge on any atom is -0.497 e. The van der Waals surface area contributed by atoms with Gasteiger partial charge in [0.05, 0.1) is 14.2 Å². The summed E-state index contributed by atoms with van der Waals surface area (Å²) in [4.78, 5) is 0. The van der Waals surface area contributed by atoms with Gasteiger partial charge < -0.3 is 14.8 Å². The third kappa shape index (κ3) is 2.75. The molecule has 1 fully saturated rings. The molecule has 1 aromatic rings. The summed E-state index contributed by atoms with van der Waals surface area (Å²) in [5, 5.41) is 3.23. The minimum atomic E-state index is -1.06. The number of hydrogen-bond donors (Lipinski definition) is 1. The van der Waals surface area contributed by atoms with E-state index >= 15 is 0 Å². The average molecular weight is 253 g/mol. The van der Waals surface area contributed by atoms with Crippen LogP contribution in [0.3, 0.4) is 0 Å². The third-order valence-corrected chi connectivity index (χ3v) is 3.44. The fraction of sp³-hybridized carbons (Fsp3) is 0.571. The monoisotopic (exact) mass is 253 g/mol. The van der Waals surface area contributed by atoms with Gasteiger partial charge in [0.15, 0.2) is 0 Å². The van der Waals surface area contributed by atoms with Crippen molar-refractivity contribution in [1.82, 2.24) is 5.32 Å². The number of ether oxygens (including phenoxy) is 2. The smallest absolute Gasteiger partial charge is 0.144 e. The standard InChI is InChI=1S/C14H20FNO2/c1-17-10-6-7-13(18-2)11(9-10)14(15)12-5-3-4-8-16-12/h6-7,9,12,14,16H,3-5,8H2,1-2H3. The second kappa shape index (κ2) is 6.05. The lowest BCUT2D eigenvalue weighted by molar-refractivity contribution is 0.215. The van der Waals surface area contributed by atoms with E-state index in [1.807, 2.05) is 0 Å². The van der Waals surface area contributed by atoms with E-state index in [9.17, 15) is 4.39 Å². The van der Waals surface area contributed by atoms with Gasteiger partial charge >= 0.3 is 0 Å². The molecule has 0 aliphatic carbocycles. The number of rotatable bonds is 4. The van der Waals surface area contributed by atoms with E-state index in [-0.39, 0.29) is 6.04 Å². The molecular formula is C14H20FNO2. The van der Waals surface area contributed by atoms with Gasteiger partial charge in [-0.3, -0.25) is 0 Å². The normalized spacial score (nSPS) is 21.4. The Kier molecular flexibility index (Phi) is 4.42. The molecule has 1 heterocycles. The maximum Gasteiger partial charge on any atom is 0.144 e. The topological polar surface area (TPSA) is 30.5 Å². The molecule has 2 rings (SSSR count). The van der Waals surface area contributed by atoms with E-state index in [0.717, 1.165) is 25.8 Å². The van der Waals surface area contributed by atoms with Crippen LogP contribution in [-0.4, -0.2) is 26.8 Å². The van der Waals surface area contributed by atoms with Crippen LogP contribution in [0.25, 0.3) is 0 Å². The van der Waals surface area contributed by atoms with Gasteiger partial charge in [-0.2, -0.15) is 0 Å². The zero-order valence-corrected chi connectivity index (χ0v) is 10.9. The summed E-state index contributed by atoms with van der Waals surface area (Å²) in [5.74, 6) is 1.24. The maximum absolute atomic E-state index is 14.6. The van der Waals surface area contributed by atoms with Crippen molar-refractivity contribution in [2.24, 2.45) is 0 Å². The molecule has 0 amide bonds. The van der Waals surface area contributed by atoms with E-state index in [0.29, 0.717) is 17.1 Å². The van der Waals surface area contributed by atoms with Crippen molar-refractivity contribution in [3.63, 3.8) is 0 Å². The van der Waals surface area contributed by atoms with Crippen molar-refractivity contribution in [2.45, 2.75) is 31.5 Å². The van der Waals surface area contributed by atoms with E-state index in [4.69, 9.17) is 9.47 Å². The molecular weight excluding hydrogens is 233 g/mol. The van der Waals surface area contributed by atoms with E-state index in [2.05, 4.69) is 5.32 Å². The molecule has 1 aromatic carbocycles. The molecule has 0 bridgehead atoms. The molecule has 1 N–H and O–H groups in total. The highest BCUT2D eigenvalue weighted by Crippen LogP contribution is 2.35. The Morgan fingerprint density at radius 1 is 1.28 bits per heavy atom. The van der Waals surface area contributed by atoms with Crippen molar-refractivity contribution in [3.8, 4) is 11.5 Å². The fourth-order valence-electron chi connectivity index (χ4n) is 2.40. The highest BCUT2D eigenvalue weighted by Gasteiger charge is 2.27. The summed E-state index contributed by atoms with van der Waals surface area (Å²) >= 11 is 0. The van der Waals surface area contributed by atoms with E-state index in [1.54, 1.807) is 32.4 Å². The lowest BCUT2D eigenvalue weighted by atomic mass is 9.95. The van der Waals surface area contributed by atoms with Crippen LogP contribution in [0.4, 0.5) is 4.39 Å².